The molecule has 0 aliphatic heterocycles. The second-order valence-electron chi connectivity index (χ2n) is 9.86. The Morgan fingerprint density at radius 2 is 0.878 bits per heavy atom. The Morgan fingerprint density at radius 1 is 0.488 bits per heavy atom. The zero-order valence-electron chi connectivity index (χ0n) is 20.8. The molecule has 0 saturated carbocycles. The van der Waals surface area contributed by atoms with Crippen LogP contribution in [0.5, 0.6) is 0 Å². The first-order valence-electron chi connectivity index (χ1n) is 12.4. The molecule has 0 spiro atoms. The molecule has 0 bridgehead atoms. The summed E-state index contributed by atoms with van der Waals surface area (Å²) in [6.45, 7) is 0. The fourth-order valence-corrected chi connectivity index (χ4v) is 5.78. The minimum absolute atomic E-state index is 0.110. The first-order valence-corrected chi connectivity index (χ1v) is 12.4. The van der Waals surface area contributed by atoms with Crippen molar-refractivity contribution in [1.82, 2.24) is 19.9 Å². The van der Waals surface area contributed by atoms with Gasteiger partial charge in [0, 0.05) is 23.2 Å². The molecule has 0 radical (unpaired) electrons. The van der Waals surface area contributed by atoms with E-state index in [1.807, 2.05) is 0 Å². The maximum absolute atomic E-state index is 15.0. The van der Waals surface area contributed by atoms with Gasteiger partial charge in [-0.1, -0.05) is 36.4 Å². The Kier molecular flexibility index (Phi) is 5.25. The Morgan fingerprint density at radius 3 is 1.29 bits per heavy atom. The van der Waals surface area contributed by atoms with E-state index in [-0.39, 0.29) is 22.3 Å². The molecule has 0 fully saturated rings. The van der Waals surface area contributed by atoms with Crippen LogP contribution in [0.4, 0.5) is 26.3 Å². The Hall–Kier alpha value is -4.86. The predicted octanol–water partition coefficient (Wildman–Crippen LogP) is 8.30. The summed E-state index contributed by atoms with van der Waals surface area (Å²) in [5.74, 6) is 0. The lowest BCUT2D eigenvalue weighted by Crippen LogP contribution is -2.53. The number of aromatic nitrogens is 4. The highest BCUT2D eigenvalue weighted by molar-refractivity contribution is 5.90. The molecule has 2 aromatic heterocycles. The summed E-state index contributed by atoms with van der Waals surface area (Å²) in [7, 11) is 0. The minimum Gasteiger partial charge on any atom is -0.244 e. The summed E-state index contributed by atoms with van der Waals surface area (Å²) in [4.78, 5) is 16.2. The third-order valence-electron chi connectivity index (χ3n) is 7.66. The number of hydrogen-bond acceptors (Lipinski definition) is 4. The molecule has 4 aromatic carbocycles. The van der Waals surface area contributed by atoms with Gasteiger partial charge in [0.05, 0.1) is 11.0 Å². The third-order valence-corrected chi connectivity index (χ3v) is 7.66. The van der Waals surface area contributed by atoms with Crippen LogP contribution in [0.25, 0.3) is 55.2 Å². The van der Waals surface area contributed by atoms with Crippen LogP contribution >= 0.6 is 0 Å². The molecule has 0 unspecified atom stereocenters. The lowest BCUT2D eigenvalue weighted by molar-refractivity contribution is -0.287. The summed E-state index contributed by atoms with van der Waals surface area (Å²) in [6.07, 6.45) is -5.59. The van der Waals surface area contributed by atoms with Crippen molar-refractivity contribution in [3.63, 3.8) is 0 Å². The molecule has 4 nitrogen and oxygen atoms in total. The summed E-state index contributed by atoms with van der Waals surface area (Å²) in [6, 6.07) is 17.6. The van der Waals surface area contributed by atoms with Crippen LogP contribution < -0.4 is 0 Å². The van der Waals surface area contributed by atoms with Crippen LogP contribution in [-0.2, 0) is 5.41 Å². The van der Waals surface area contributed by atoms with E-state index >= 15 is 26.3 Å². The Bertz CT molecular complexity index is 1850. The molecule has 1 aliphatic carbocycles. The zero-order valence-corrected chi connectivity index (χ0v) is 20.8. The number of hydrogen-bond donors (Lipinski definition) is 0. The van der Waals surface area contributed by atoms with Crippen molar-refractivity contribution in [3.05, 3.63) is 109 Å². The molecule has 0 atom stereocenters. The van der Waals surface area contributed by atoms with Gasteiger partial charge in [-0.3, -0.25) is 0 Å². The lowest BCUT2D eigenvalue weighted by atomic mass is 9.75. The van der Waals surface area contributed by atoms with Crippen LogP contribution in [-0.4, -0.2) is 32.3 Å². The van der Waals surface area contributed by atoms with Crippen molar-refractivity contribution in [2.75, 3.05) is 0 Å². The Labute approximate surface area is 228 Å². The molecule has 0 saturated heterocycles. The van der Waals surface area contributed by atoms with Crippen molar-refractivity contribution in [2.45, 2.75) is 17.8 Å². The average molecular weight is 558 g/mol. The predicted molar refractivity (Wildman–Crippen MR) is 142 cm³/mol. The molecular formula is C31H16F6N4. The van der Waals surface area contributed by atoms with Gasteiger partial charge in [0.2, 0.25) is 5.41 Å². The third kappa shape index (κ3) is 3.63. The SMILES string of the molecule is FC(F)(F)C1(C(F)(F)F)c2cc(-c3ccc4ncncc4c3)ccc2-c2ccc(-c3ccc4ncncc4c3)cc21. The second-order valence-corrected chi connectivity index (χ2v) is 9.86. The molecule has 6 aromatic rings. The van der Waals surface area contributed by atoms with E-state index < -0.39 is 28.9 Å². The molecule has 0 amide bonds. The quantitative estimate of drug-likeness (QED) is 0.201. The van der Waals surface area contributed by atoms with Crippen molar-refractivity contribution in [2.24, 2.45) is 0 Å². The van der Waals surface area contributed by atoms with Crippen molar-refractivity contribution in [1.29, 1.82) is 0 Å². The van der Waals surface area contributed by atoms with Gasteiger partial charge in [-0.25, -0.2) is 19.9 Å². The maximum atomic E-state index is 15.0. The summed E-state index contributed by atoms with van der Waals surface area (Å²) in [5, 5.41) is 1.22. The van der Waals surface area contributed by atoms with Crippen molar-refractivity contribution >= 4 is 21.8 Å². The highest BCUT2D eigenvalue weighted by Gasteiger charge is 2.75. The molecule has 1 aliphatic rings. The monoisotopic (exact) mass is 558 g/mol. The first-order chi connectivity index (χ1) is 19.6. The van der Waals surface area contributed by atoms with Gasteiger partial charge in [-0.05, 0) is 80.9 Å². The Balaban J connectivity index is 1.46. The van der Waals surface area contributed by atoms with Crippen molar-refractivity contribution in [3.8, 4) is 33.4 Å². The highest BCUT2D eigenvalue weighted by atomic mass is 19.4. The second kappa shape index (κ2) is 8.57. The van der Waals surface area contributed by atoms with E-state index in [9.17, 15) is 0 Å². The maximum Gasteiger partial charge on any atom is 0.411 e. The number of benzene rings is 4. The fraction of sp³-hybridized carbons (Fsp3) is 0.0968. The van der Waals surface area contributed by atoms with Crippen LogP contribution in [0.15, 0.2) is 97.8 Å². The standard InChI is InChI=1S/C31H16F6N4/c32-30(33,34)29(31(35,36)37)25-11-19(17-3-7-27-21(9-17)13-38-15-40-27)1-5-23(25)24-6-2-20(12-26(24)29)18-4-8-28-22(10-18)14-39-16-41-28/h1-16H. The lowest BCUT2D eigenvalue weighted by Gasteiger charge is -2.36. The summed E-state index contributed by atoms with van der Waals surface area (Å²) < 4.78 is 90.0. The minimum atomic E-state index is -5.68. The fourth-order valence-electron chi connectivity index (χ4n) is 5.78. The normalized spacial score (nSPS) is 14.3. The number of nitrogens with zero attached hydrogens (tertiary/aromatic N) is 4. The molecule has 10 heteroatoms. The number of fused-ring (bicyclic) bond motifs is 5. The van der Waals surface area contributed by atoms with Gasteiger partial charge in [-0.2, -0.15) is 26.3 Å². The molecular weight excluding hydrogens is 542 g/mol. The summed E-state index contributed by atoms with van der Waals surface area (Å²) in [5.41, 5.74) is -3.61. The van der Waals surface area contributed by atoms with Gasteiger partial charge in [0.15, 0.2) is 0 Å². The molecule has 41 heavy (non-hydrogen) atoms. The highest BCUT2D eigenvalue weighted by Crippen LogP contribution is 2.64. The number of rotatable bonds is 2. The number of alkyl halides is 6. The van der Waals surface area contributed by atoms with E-state index in [0.29, 0.717) is 32.9 Å². The molecule has 7 rings (SSSR count). The van der Waals surface area contributed by atoms with E-state index in [1.165, 1.54) is 49.3 Å². The van der Waals surface area contributed by atoms with Crippen LogP contribution in [0.1, 0.15) is 11.1 Å². The average Bonchev–Trinajstić information content (AvgIpc) is 3.27. The van der Waals surface area contributed by atoms with Gasteiger partial charge in [-0.15, -0.1) is 0 Å². The van der Waals surface area contributed by atoms with E-state index in [4.69, 9.17) is 0 Å². The van der Waals surface area contributed by atoms with Gasteiger partial charge in [0.1, 0.15) is 12.7 Å². The molecule has 2 heterocycles. The van der Waals surface area contributed by atoms with E-state index in [1.54, 1.807) is 36.4 Å². The number of halogens is 6. The zero-order chi connectivity index (χ0) is 28.6. The molecule has 202 valence electrons. The smallest absolute Gasteiger partial charge is 0.244 e. The van der Waals surface area contributed by atoms with Gasteiger partial charge >= 0.3 is 12.4 Å². The van der Waals surface area contributed by atoms with Gasteiger partial charge < -0.3 is 0 Å². The van der Waals surface area contributed by atoms with Gasteiger partial charge in [0.25, 0.3) is 0 Å². The van der Waals surface area contributed by atoms with Crippen LogP contribution in [0, 0.1) is 0 Å². The first kappa shape index (κ1) is 25.1. The molecule has 0 N–H and O–H groups in total. The van der Waals surface area contributed by atoms with Crippen LogP contribution in [0.2, 0.25) is 0 Å². The van der Waals surface area contributed by atoms with Crippen molar-refractivity contribution < 1.29 is 26.3 Å². The largest absolute Gasteiger partial charge is 0.411 e. The van der Waals surface area contributed by atoms with E-state index in [2.05, 4.69) is 19.9 Å². The van der Waals surface area contributed by atoms with E-state index in [0.717, 1.165) is 12.1 Å². The topological polar surface area (TPSA) is 51.6 Å². The summed E-state index contributed by atoms with van der Waals surface area (Å²) >= 11 is 0. The van der Waals surface area contributed by atoms with Crippen LogP contribution in [0.3, 0.4) is 0 Å².